The summed E-state index contributed by atoms with van der Waals surface area (Å²) in [6.07, 6.45) is 6.76. The van der Waals surface area contributed by atoms with Crippen LogP contribution in [0.25, 0.3) is 0 Å². The summed E-state index contributed by atoms with van der Waals surface area (Å²) in [7, 11) is 0. The molecule has 16 heavy (non-hydrogen) atoms. The zero-order chi connectivity index (χ0) is 12.6. The van der Waals surface area contributed by atoms with E-state index in [0.29, 0.717) is 0 Å². The number of hydrogen-bond acceptors (Lipinski definition) is 3. The van der Waals surface area contributed by atoms with Crippen LogP contribution >= 0.6 is 0 Å². The summed E-state index contributed by atoms with van der Waals surface area (Å²) in [4.78, 5) is 22.8. The number of amides is 2. The molecule has 0 atom stereocenters. The van der Waals surface area contributed by atoms with Crippen molar-refractivity contribution in [1.82, 2.24) is 10.4 Å². The molecule has 0 radical (unpaired) electrons. The van der Waals surface area contributed by atoms with Crippen LogP contribution in [0.15, 0.2) is 12.3 Å². The molecule has 0 heterocycles. The van der Waals surface area contributed by atoms with Gasteiger partial charge in [0.05, 0.1) is 0 Å². The zero-order valence-electron chi connectivity index (χ0n) is 10.6. The molecule has 0 bridgehead atoms. The minimum Gasteiger partial charge on any atom is -0.297 e. The molecule has 0 spiro atoms. The highest BCUT2D eigenvalue weighted by atomic mass is 16.2. The Morgan fingerprint density at radius 1 is 1.38 bits per heavy atom. The van der Waals surface area contributed by atoms with Gasteiger partial charge >= 0.3 is 0 Å². The Labute approximate surface area is 97.7 Å². The molecule has 0 aromatic rings. The third-order valence-corrected chi connectivity index (χ3v) is 2.08. The maximum Gasteiger partial charge on any atom is 0.250 e. The molecule has 0 aliphatic carbocycles. The quantitative estimate of drug-likeness (QED) is 0.558. The molecule has 0 saturated heterocycles. The summed E-state index contributed by atoms with van der Waals surface area (Å²) in [5, 5.41) is 1.05. The third kappa shape index (κ3) is 5.53. The molecule has 4 nitrogen and oxygen atoms in total. The van der Waals surface area contributed by atoms with Crippen molar-refractivity contribution in [3.8, 4) is 0 Å². The first-order valence-electron chi connectivity index (χ1n) is 5.76. The number of hydrazine groups is 1. The lowest BCUT2D eigenvalue weighted by atomic mass is 10.2. The van der Waals surface area contributed by atoms with Crippen LogP contribution in [0.5, 0.6) is 0 Å². The van der Waals surface area contributed by atoms with E-state index in [1.165, 1.54) is 6.92 Å². The Kier molecular flexibility index (Phi) is 7.25. The van der Waals surface area contributed by atoms with E-state index in [4.69, 9.17) is 0 Å². The second-order valence-corrected chi connectivity index (χ2v) is 4.02. The molecule has 0 rings (SSSR count). The number of imide groups is 1. The standard InChI is InChI=1S/C12H22N2O2/c1-5-6-7-8-9-13-14(11(4)15)12(16)10(2)3/h8-10,13H,5-7H2,1-4H3/b9-8-. The van der Waals surface area contributed by atoms with Gasteiger partial charge in [-0.2, -0.15) is 5.01 Å². The Bertz CT molecular complexity index is 260. The molecule has 1 N–H and O–H groups in total. The van der Waals surface area contributed by atoms with Gasteiger partial charge in [0, 0.05) is 19.0 Å². The highest BCUT2D eigenvalue weighted by Crippen LogP contribution is 2.00. The van der Waals surface area contributed by atoms with Crippen molar-refractivity contribution in [2.45, 2.75) is 47.0 Å². The van der Waals surface area contributed by atoms with Gasteiger partial charge in [0.1, 0.15) is 0 Å². The van der Waals surface area contributed by atoms with E-state index in [2.05, 4.69) is 12.3 Å². The lowest BCUT2D eigenvalue weighted by Gasteiger charge is -2.20. The average Bonchev–Trinajstić information content (AvgIpc) is 2.21. The summed E-state index contributed by atoms with van der Waals surface area (Å²) in [6.45, 7) is 7.01. The maximum absolute atomic E-state index is 11.6. The molecule has 0 aliphatic heterocycles. The molecule has 92 valence electrons. The van der Waals surface area contributed by atoms with Crippen molar-refractivity contribution in [2.75, 3.05) is 0 Å². The van der Waals surface area contributed by atoms with Gasteiger partial charge in [-0.1, -0.05) is 39.7 Å². The SMILES string of the molecule is CCCC/C=C\NN(C(C)=O)C(=O)C(C)C. The van der Waals surface area contributed by atoms with Crippen molar-refractivity contribution in [3.63, 3.8) is 0 Å². The monoisotopic (exact) mass is 226 g/mol. The van der Waals surface area contributed by atoms with Crippen LogP contribution in [-0.4, -0.2) is 16.8 Å². The van der Waals surface area contributed by atoms with Crippen molar-refractivity contribution >= 4 is 11.8 Å². The molecular formula is C12H22N2O2. The maximum atomic E-state index is 11.6. The van der Waals surface area contributed by atoms with E-state index in [0.717, 1.165) is 24.3 Å². The molecule has 2 amide bonds. The van der Waals surface area contributed by atoms with Gasteiger partial charge in [-0.05, 0) is 6.42 Å². The first-order chi connectivity index (χ1) is 7.50. The van der Waals surface area contributed by atoms with Crippen LogP contribution in [0.4, 0.5) is 0 Å². The molecule has 0 unspecified atom stereocenters. The highest BCUT2D eigenvalue weighted by molar-refractivity contribution is 5.94. The van der Waals surface area contributed by atoms with Gasteiger partial charge in [0.2, 0.25) is 5.91 Å². The number of carbonyl (C=O) groups excluding carboxylic acids is 2. The molecular weight excluding hydrogens is 204 g/mol. The van der Waals surface area contributed by atoms with Crippen LogP contribution in [-0.2, 0) is 9.59 Å². The van der Waals surface area contributed by atoms with E-state index < -0.39 is 0 Å². The summed E-state index contributed by atoms with van der Waals surface area (Å²) in [5.41, 5.74) is 2.71. The molecule has 0 saturated carbocycles. The Morgan fingerprint density at radius 3 is 2.44 bits per heavy atom. The summed E-state index contributed by atoms with van der Waals surface area (Å²) in [5.74, 6) is -0.702. The molecule has 0 fully saturated rings. The van der Waals surface area contributed by atoms with Gasteiger partial charge < -0.3 is 0 Å². The van der Waals surface area contributed by atoms with Crippen LogP contribution in [0.3, 0.4) is 0 Å². The number of unbranched alkanes of at least 4 members (excludes halogenated alkanes) is 2. The predicted molar refractivity (Wildman–Crippen MR) is 64.2 cm³/mol. The van der Waals surface area contributed by atoms with E-state index in [9.17, 15) is 9.59 Å². The minimum atomic E-state index is -0.293. The number of hydrogen-bond donors (Lipinski definition) is 1. The summed E-state index contributed by atoms with van der Waals surface area (Å²) < 4.78 is 0. The van der Waals surface area contributed by atoms with Crippen molar-refractivity contribution in [3.05, 3.63) is 12.3 Å². The van der Waals surface area contributed by atoms with Gasteiger partial charge in [0.15, 0.2) is 0 Å². The highest BCUT2D eigenvalue weighted by Gasteiger charge is 2.19. The smallest absolute Gasteiger partial charge is 0.250 e. The fourth-order valence-corrected chi connectivity index (χ4v) is 1.10. The number of nitrogens with one attached hydrogen (secondary N) is 1. The second kappa shape index (κ2) is 7.91. The summed E-state index contributed by atoms with van der Waals surface area (Å²) in [6, 6.07) is 0. The van der Waals surface area contributed by atoms with Crippen molar-refractivity contribution in [1.29, 1.82) is 0 Å². The van der Waals surface area contributed by atoms with E-state index in [-0.39, 0.29) is 17.7 Å². The number of allylic oxidation sites excluding steroid dienone is 1. The first kappa shape index (κ1) is 14.7. The lowest BCUT2D eigenvalue weighted by Crippen LogP contribution is -2.45. The van der Waals surface area contributed by atoms with Crippen LogP contribution in [0, 0.1) is 5.92 Å². The topological polar surface area (TPSA) is 49.4 Å². The van der Waals surface area contributed by atoms with Crippen LogP contribution in [0.2, 0.25) is 0 Å². The van der Waals surface area contributed by atoms with E-state index in [1.807, 2.05) is 6.08 Å². The normalized spacial score (nSPS) is 10.8. The lowest BCUT2D eigenvalue weighted by molar-refractivity contribution is -0.148. The first-order valence-corrected chi connectivity index (χ1v) is 5.76. The zero-order valence-corrected chi connectivity index (χ0v) is 10.6. The molecule has 0 aliphatic rings. The van der Waals surface area contributed by atoms with Gasteiger partial charge in [-0.3, -0.25) is 15.0 Å². The summed E-state index contributed by atoms with van der Waals surface area (Å²) >= 11 is 0. The average molecular weight is 226 g/mol. The Morgan fingerprint density at radius 2 is 2.00 bits per heavy atom. The van der Waals surface area contributed by atoms with Crippen molar-refractivity contribution in [2.24, 2.45) is 5.92 Å². The largest absolute Gasteiger partial charge is 0.297 e. The Hall–Kier alpha value is -1.32. The molecule has 0 aromatic carbocycles. The van der Waals surface area contributed by atoms with Crippen LogP contribution < -0.4 is 5.43 Å². The second-order valence-electron chi connectivity index (χ2n) is 4.02. The fourth-order valence-electron chi connectivity index (χ4n) is 1.10. The van der Waals surface area contributed by atoms with Gasteiger partial charge in [0.25, 0.3) is 5.91 Å². The van der Waals surface area contributed by atoms with Gasteiger partial charge in [-0.15, -0.1) is 0 Å². The Balaban J connectivity index is 4.20. The van der Waals surface area contributed by atoms with E-state index in [1.54, 1.807) is 20.0 Å². The predicted octanol–water partition coefficient (Wildman–Crippen LogP) is 2.23. The number of nitrogens with zero attached hydrogens (tertiary/aromatic N) is 1. The van der Waals surface area contributed by atoms with Crippen molar-refractivity contribution < 1.29 is 9.59 Å². The fraction of sp³-hybridized carbons (Fsp3) is 0.667. The molecule has 0 aromatic heterocycles. The third-order valence-electron chi connectivity index (χ3n) is 2.08. The number of rotatable bonds is 6. The van der Waals surface area contributed by atoms with E-state index >= 15 is 0 Å². The minimum absolute atomic E-state index is 0.194. The van der Waals surface area contributed by atoms with Gasteiger partial charge in [-0.25, -0.2) is 0 Å². The number of carbonyl (C=O) groups is 2. The molecule has 4 heteroatoms. The van der Waals surface area contributed by atoms with Crippen LogP contribution in [0.1, 0.15) is 47.0 Å².